The number of hydrogen-bond acceptors (Lipinski definition) is 5. The van der Waals surface area contributed by atoms with E-state index >= 15 is 0 Å². The van der Waals surface area contributed by atoms with Gasteiger partial charge in [-0.15, -0.1) is 0 Å². The molecule has 22 heavy (non-hydrogen) atoms. The van der Waals surface area contributed by atoms with E-state index in [1.54, 1.807) is 38.5 Å². The van der Waals surface area contributed by atoms with Crippen molar-refractivity contribution < 1.29 is 18.7 Å². The number of halogens is 1. The predicted octanol–water partition coefficient (Wildman–Crippen LogP) is 2.59. The van der Waals surface area contributed by atoms with Gasteiger partial charge in [-0.25, -0.2) is 5.43 Å². The molecule has 0 bridgehead atoms. The topological polar surface area (TPSA) is 73.1 Å². The summed E-state index contributed by atoms with van der Waals surface area (Å²) in [6.07, 6.45) is 1.64. The van der Waals surface area contributed by atoms with Crippen LogP contribution in [0, 0.1) is 3.77 Å². The number of furan rings is 1. The highest BCUT2D eigenvalue weighted by Crippen LogP contribution is 2.27. The Morgan fingerprint density at radius 1 is 1.27 bits per heavy atom. The van der Waals surface area contributed by atoms with Crippen molar-refractivity contribution in [2.75, 3.05) is 14.2 Å². The van der Waals surface area contributed by atoms with Gasteiger partial charge in [0.05, 0.1) is 26.9 Å². The molecular formula is C15H15IN2O4. The summed E-state index contributed by atoms with van der Waals surface area (Å²) < 4.78 is 16.4. The van der Waals surface area contributed by atoms with E-state index in [9.17, 15) is 4.79 Å². The molecule has 2 aromatic rings. The second-order valence-corrected chi connectivity index (χ2v) is 5.36. The minimum Gasteiger partial charge on any atom is -0.493 e. The quantitative estimate of drug-likeness (QED) is 0.448. The number of carbonyl (C=O) groups excluding carboxylic acids is 1. The molecule has 1 aromatic heterocycles. The number of nitrogens with one attached hydrogen (secondary N) is 1. The third kappa shape index (κ3) is 4.48. The summed E-state index contributed by atoms with van der Waals surface area (Å²) in [5.74, 6) is 1.55. The maximum atomic E-state index is 11.8. The zero-order chi connectivity index (χ0) is 15.9. The lowest BCUT2D eigenvalue weighted by Gasteiger charge is -2.09. The lowest BCUT2D eigenvalue weighted by Crippen LogP contribution is -2.19. The molecule has 1 heterocycles. The highest BCUT2D eigenvalue weighted by atomic mass is 127. The molecule has 0 saturated carbocycles. The smallest absolute Gasteiger partial charge is 0.244 e. The zero-order valence-electron chi connectivity index (χ0n) is 12.1. The van der Waals surface area contributed by atoms with Gasteiger partial charge in [-0.2, -0.15) is 5.10 Å². The van der Waals surface area contributed by atoms with E-state index in [0.717, 1.165) is 9.33 Å². The van der Waals surface area contributed by atoms with Gasteiger partial charge in [-0.3, -0.25) is 4.79 Å². The summed E-state index contributed by atoms with van der Waals surface area (Å²) >= 11 is 2.06. The van der Waals surface area contributed by atoms with Crippen molar-refractivity contribution in [2.45, 2.75) is 6.42 Å². The Morgan fingerprint density at radius 3 is 2.68 bits per heavy atom. The summed E-state index contributed by atoms with van der Waals surface area (Å²) in [4.78, 5) is 11.8. The highest BCUT2D eigenvalue weighted by molar-refractivity contribution is 14.1. The van der Waals surface area contributed by atoms with Gasteiger partial charge >= 0.3 is 0 Å². The summed E-state index contributed by atoms with van der Waals surface area (Å²) in [5.41, 5.74) is 3.25. The molecule has 1 N–H and O–H groups in total. The van der Waals surface area contributed by atoms with Crippen molar-refractivity contribution in [3.05, 3.63) is 45.4 Å². The Labute approximate surface area is 141 Å². The Bertz CT molecular complexity index is 682. The van der Waals surface area contributed by atoms with Crippen LogP contribution < -0.4 is 14.9 Å². The number of rotatable bonds is 6. The van der Waals surface area contributed by atoms with Crippen LogP contribution in [0.25, 0.3) is 0 Å². The third-order valence-corrected chi connectivity index (χ3v) is 3.37. The average Bonchev–Trinajstić information content (AvgIpc) is 2.92. The van der Waals surface area contributed by atoms with Gasteiger partial charge in [0.25, 0.3) is 0 Å². The Hall–Kier alpha value is -2.03. The Kier molecular flexibility index (Phi) is 5.82. The number of hydrazone groups is 1. The standard InChI is InChI=1S/C15H15IN2O4/c1-20-12-5-3-10(7-13(12)21-2)8-15(19)18-17-9-11-4-6-14(16)22-11/h3-7,9H,8H2,1-2H3,(H,18,19)/b17-9+. The van der Waals surface area contributed by atoms with Gasteiger partial charge in [0.2, 0.25) is 5.91 Å². The van der Waals surface area contributed by atoms with Gasteiger partial charge in [0.1, 0.15) is 5.76 Å². The SMILES string of the molecule is COc1ccc(CC(=O)N/N=C/c2ccc(I)o2)cc1OC. The van der Waals surface area contributed by atoms with Crippen LogP contribution in [-0.2, 0) is 11.2 Å². The first kappa shape index (κ1) is 16.3. The van der Waals surface area contributed by atoms with Crippen LogP contribution in [0.3, 0.4) is 0 Å². The molecule has 0 fully saturated rings. The molecule has 1 aromatic carbocycles. The number of amides is 1. The molecule has 0 aliphatic rings. The van der Waals surface area contributed by atoms with E-state index in [4.69, 9.17) is 13.9 Å². The maximum absolute atomic E-state index is 11.8. The largest absolute Gasteiger partial charge is 0.493 e. The van der Waals surface area contributed by atoms with Crippen molar-refractivity contribution in [1.29, 1.82) is 0 Å². The molecular weight excluding hydrogens is 399 g/mol. The van der Waals surface area contributed by atoms with E-state index in [2.05, 4.69) is 33.1 Å². The van der Waals surface area contributed by atoms with E-state index < -0.39 is 0 Å². The molecule has 0 radical (unpaired) electrons. The van der Waals surface area contributed by atoms with Crippen LogP contribution in [0.4, 0.5) is 0 Å². The van der Waals surface area contributed by atoms with Crippen molar-refractivity contribution in [1.82, 2.24) is 5.43 Å². The number of ether oxygens (including phenoxy) is 2. The molecule has 1 amide bonds. The first-order valence-corrected chi connectivity index (χ1v) is 7.48. The molecule has 0 aliphatic carbocycles. The monoisotopic (exact) mass is 414 g/mol. The third-order valence-electron chi connectivity index (χ3n) is 2.79. The van der Waals surface area contributed by atoms with E-state index in [-0.39, 0.29) is 12.3 Å². The van der Waals surface area contributed by atoms with E-state index in [0.29, 0.717) is 17.3 Å². The van der Waals surface area contributed by atoms with Gasteiger partial charge in [0, 0.05) is 0 Å². The second kappa shape index (κ2) is 7.83. The van der Waals surface area contributed by atoms with Gasteiger partial charge in [-0.1, -0.05) is 6.07 Å². The van der Waals surface area contributed by atoms with E-state index in [1.165, 1.54) is 6.21 Å². The van der Waals surface area contributed by atoms with Gasteiger partial charge in [0.15, 0.2) is 15.3 Å². The molecule has 116 valence electrons. The van der Waals surface area contributed by atoms with Gasteiger partial charge in [-0.05, 0) is 52.4 Å². The summed E-state index contributed by atoms with van der Waals surface area (Å²) in [6.45, 7) is 0. The van der Waals surface area contributed by atoms with Crippen molar-refractivity contribution in [2.24, 2.45) is 5.10 Å². The predicted molar refractivity (Wildman–Crippen MR) is 90.4 cm³/mol. The highest BCUT2D eigenvalue weighted by Gasteiger charge is 2.07. The number of methoxy groups -OCH3 is 2. The first-order chi connectivity index (χ1) is 10.6. The first-order valence-electron chi connectivity index (χ1n) is 6.40. The summed E-state index contributed by atoms with van der Waals surface area (Å²) in [5, 5.41) is 3.85. The molecule has 0 atom stereocenters. The fourth-order valence-corrected chi connectivity index (χ4v) is 2.22. The van der Waals surface area contributed by atoms with E-state index in [1.807, 2.05) is 6.07 Å². The number of carbonyl (C=O) groups is 1. The van der Waals surface area contributed by atoms with Crippen molar-refractivity contribution in [3.8, 4) is 11.5 Å². The second-order valence-electron chi connectivity index (χ2n) is 4.30. The van der Waals surface area contributed by atoms with Crippen LogP contribution in [0.5, 0.6) is 11.5 Å². The minimum absolute atomic E-state index is 0.188. The van der Waals surface area contributed by atoms with Crippen LogP contribution in [-0.4, -0.2) is 26.3 Å². The van der Waals surface area contributed by atoms with Crippen LogP contribution >= 0.6 is 22.6 Å². The number of nitrogens with zero attached hydrogens (tertiary/aromatic N) is 1. The average molecular weight is 414 g/mol. The minimum atomic E-state index is -0.232. The maximum Gasteiger partial charge on any atom is 0.244 e. The van der Waals surface area contributed by atoms with Crippen LogP contribution in [0.1, 0.15) is 11.3 Å². The van der Waals surface area contributed by atoms with Crippen molar-refractivity contribution >= 4 is 34.7 Å². The van der Waals surface area contributed by atoms with Crippen LogP contribution in [0.2, 0.25) is 0 Å². The lowest BCUT2D eigenvalue weighted by atomic mass is 10.1. The molecule has 7 heteroatoms. The summed E-state index contributed by atoms with van der Waals surface area (Å²) in [6, 6.07) is 8.91. The molecule has 0 spiro atoms. The molecule has 0 aliphatic heterocycles. The Morgan fingerprint density at radius 2 is 2.05 bits per heavy atom. The van der Waals surface area contributed by atoms with Crippen LogP contribution in [0.15, 0.2) is 39.9 Å². The zero-order valence-corrected chi connectivity index (χ0v) is 14.3. The van der Waals surface area contributed by atoms with Gasteiger partial charge < -0.3 is 13.9 Å². The molecule has 2 rings (SSSR count). The fourth-order valence-electron chi connectivity index (χ4n) is 1.78. The summed E-state index contributed by atoms with van der Waals surface area (Å²) in [7, 11) is 3.12. The Balaban J connectivity index is 1.93. The lowest BCUT2D eigenvalue weighted by molar-refractivity contribution is -0.120. The molecule has 0 unspecified atom stereocenters. The van der Waals surface area contributed by atoms with Crippen molar-refractivity contribution in [3.63, 3.8) is 0 Å². The fraction of sp³-hybridized carbons (Fsp3) is 0.200. The molecule has 0 saturated heterocycles. The number of benzene rings is 1. The normalized spacial score (nSPS) is 10.7. The number of hydrogen-bond donors (Lipinski definition) is 1. The molecule has 6 nitrogen and oxygen atoms in total.